The van der Waals surface area contributed by atoms with Crippen molar-refractivity contribution in [2.75, 3.05) is 6.61 Å². The van der Waals surface area contributed by atoms with E-state index in [0.717, 1.165) is 37.7 Å². The Kier molecular flexibility index (Phi) is 29.8. The molecule has 9 heteroatoms. The van der Waals surface area contributed by atoms with Crippen LogP contribution >= 0.6 is 0 Å². The molecule has 3 atom stereocenters. The Morgan fingerprint density at radius 2 is 1.24 bits per heavy atom. The van der Waals surface area contributed by atoms with Gasteiger partial charge in [0.2, 0.25) is 0 Å². The van der Waals surface area contributed by atoms with Crippen molar-refractivity contribution < 1.29 is 32.5 Å². The number of hydrogen-bond acceptors (Lipinski definition) is 7. The Balaban J connectivity index is 4.49. The van der Waals surface area contributed by atoms with E-state index in [1.165, 1.54) is 102 Å². The van der Waals surface area contributed by atoms with Crippen LogP contribution in [-0.4, -0.2) is 53.9 Å². The van der Waals surface area contributed by atoms with Gasteiger partial charge < -0.3 is 15.3 Å². The molecule has 0 aromatic carbocycles. The van der Waals surface area contributed by atoms with E-state index in [0.29, 0.717) is 12.8 Å². The standard InChI is InChI=1S/C37H69NO7S/c1-4-6-8-10-12-13-14-15-16-17-18-20-22-26-31-36(40)37(41)38-34(32-45-46(42,43)44)35(39)30-27-23-25-29-33(3)28-24-21-19-11-9-7-5-2/h24,27-30,34-36,39-40H,4-23,25-26,31-32H2,1-3H3,(H,38,41)(H,42,43,44)/p-1/b28-24+,30-27+,33-29+/t34?,35-,36-/m1/s1. The van der Waals surface area contributed by atoms with Crippen molar-refractivity contribution >= 4 is 16.3 Å². The Hall–Kier alpha value is -1.52. The van der Waals surface area contributed by atoms with Gasteiger partial charge in [-0.05, 0) is 44.9 Å². The third-order valence-corrected chi connectivity index (χ3v) is 8.61. The third-order valence-electron chi connectivity index (χ3n) is 8.18. The smallest absolute Gasteiger partial charge is 0.397 e. The number of hydrogen-bond donors (Lipinski definition) is 3. The molecule has 0 fully saturated rings. The molecule has 0 aromatic heterocycles. The maximum Gasteiger partial charge on any atom is 0.397 e. The van der Waals surface area contributed by atoms with Crippen LogP contribution in [0.3, 0.4) is 0 Å². The van der Waals surface area contributed by atoms with Gasteiger partial charge in [0.05, 0.1) is 18.8 Å². The molecular weight excluding hydrogens is 602 g/mol. The van der Waals surface area contributed by atoms with Crippen LogP contribution in [0.5, 0.6) is 0 Å². The lowest BCUT2D eigenvalue weighted by Gasteiger charge is -2.23. The second-order valence-electron chi connectivity index (χ2n) is 12.7. The molecule has 3 N–H and O–H groups in total. The number of unbranched alkanes of at least 4 members (excludes halogenated alkanes) is 19. The van der Waals surface area contributed by atoms with Crippen molar-refractivity contribution in [1.29, 1.82) is 0 Å². The number of rotatable bonds is 32. The summed E-state index contributed by atoms with van der Waals surface area (Å²) in [6, 6.07) is -1.28. The first-order chi connectivity index (χ1) is 22.1. The summed E-state index contributed by atoms with van der Waals surface area (Å²) in [6.45, 7) is 5.78. The topological polar surface area (TPSA) is 139 Å². The molecule has 8 nitrogen and oxygen atoms in total. The molecule has 0 rings (SSSR count). The van der Waals surface area contributed by atoms with Crippen LogP contribution in [0.25, 0.3) is 0 Å². The number of nitrogens with zero attached hydrogens (tertiary/aromatic N) is 1. The van der Waals surface area contributed by atoms with E-state index in [1.807, 2.05) is 6.92 Å². The maximum absolute atomic E-state index is 12.5. The van der Waals surface area contributed by atoms with Crippen LogP contribution < -0.4 is 5.11 Å². The SMILES string of the molecule is CCCCCCC/C=C/C(C)=C/CC/C=C/[C@@H](O)C(COS(=O)(=O)O)N=C([O-])[C@H](O)CCCCCCCCCCCCCCCC. The summed E-state index contributed by atoms with van der Waals surface area (Å²) < 4.78 is 35.6. The molecular formula is C37H68NO7S-. The molecule has 0 aliphatic rings. The summed E-state index contributed by atoms with van der Waals surface area (Å²) in [5, 5.41) is 33.4. The molecule has 0 aliphatic heterocycles. The van der Waals surface area contributed by atoms with Gasteiger partial charge >= 0.3 is 10.4 Å². The summed E-state index contributed by atoms with van der Waals surface area (Å²) >= 11 is 0. The summed E-state index contributed by atoms with van der Waals surface area (Å²) in [5.41, 5.74) is 1.16. The summed E-state index contributed by atoms with van der Waals surface area (Å²) in [6.07, 6.45) is 32.8. The zero-order valence-corrected chi connectivity index (χ0v) is 30.2. The van der Waals surface area contributed by atoms with E-state index < -0.39 is 41.2 Å². The van der Waals surface area contributed by atoms with Gasteiger partial charge in [-0.1, -0.05) is 165 Å². The molecule has 0 saturated heterocycles. The van der Waals surface area contributed by atoms with Gasteiger partial charge in [0.1, 0.15) is 6.04 Å². The minimum absolute atomic E-state index is 0.247. The van der Waals surface area contributed by atoms with Gasteiger partial charge in [0.15, 0.2) is 0 Å². The van der Waals surface area contributed by atoms with E-state index in [-0.39, 0.29) is 6.42 Å². The molecule has 0 amide bonds. The van der Waals surface area contributed by atoms with E-state index in [4.69, 9.17) is 4.55 Å². The molecule has 0 heterocycles. The highest BCUT2D eigenvalue weighted by Crippen LogP contribution is 2.15. The fraction of sp³-hybridized carbons (Fsp3) is 0.811. The van der Waals surface area contributed by atoms with Crippen LogP contribution in [0.1, 0.15) is 168 Å². The zero-order valence-electron chi connectivity index (χ0n) is 29.4. The van der Waals surface area contributed by atoms with Crippen molar-refractivity contribution in [2.45, 2.75) is 187 Å². The average Bonchev–Trinajstić information content (AvgIpc) is 3.01. The molecule has 0 aromatic rings. The summed E-state index contributed by atoms with van der Waals surface area (Å²) in [4.78, 5) is 3.84. The molecule has 46 heavy (non-hydrogen) atoms. The molecule has 0 aliphatic carbocycles. The first kappa shape index (κ1) is 44.5. The lowest BCUT2D eigenvalue weighted by molar-refractivity contribution is -0.229. The van der Waals surface area contributed by atoms with Crippen molar-refractivity contribution in [3.8, 4) is 0 Å². The Morgan fingerprint density at radius 3 is 1.76 bits per heavy atom. The van der Waals surface area contributed by atoms with E-state index in [1.54, 1.807) is 6.08 Å². The van der Waals surface area contributed by atoms with Crippen molar-refractivity contribution in [1.82, 2.24) is 0 Å². The highest BCUT2D eigenvalue weighted by molar-refractivity contribution is 7.80. The zero-order chi connectivity index (χ0) is 34.3. The largest absolute Gasteiger partial charge is 0.860 e. The van der Waals surface area contributed by atoms with Crippen LogP contribution in [0.4, 0.5) is 0 Å². The van der Waals surface area contributed by atoms with E-state index in [9.17, 15) is 23.7 Å². The van der Waals surface area contributed by atoms with Crippen LogP contribution in [0, 0.1) is 0 Å². The fourth-order valence-electron chi connectivity index (χ4n) is 5.25. The Labute approximate surface area is 282 Å². The molecule has 0 bridgehead atoms. The molecule has 0 saturated carbocycles. The average molecular weight is 671 g/mol. The first-order valence-corrected chi connectivity index (χ1v) is 19.7. The van der Waals surface area contributed by atoms with Gasteiger partial charge in [-0.15, -0.1) is 0 Å². The van der Waals surface area contributed by atoms with E-state index in [2.05, 4.69) is 41.3 Å². The van der Waals surface area contributed by atoms with Gasteiger partial charge in [-0.3, -0.25) is 9.55 Å². The van der Waals surface area contributed by atoms with Crippen LogP contribution in [-0.2, 0) is 14.6 Å². The number of aliphatic hydroxyl groups is 2. The maximum atomic E-state index is 12.5. The van der Waals surface area contributed by atoms with Crippen molar-refractivity contribution in [3.05, 3.63) is 36.0 Å². The van der Waals surface area contributed by atoms with E-state index >= 15 is 0 Å². The first-order valence-electron chi connectivity index (χ1n) is 18.3. The molecule has 0 radical (unpaired) electrons. The minimum atomic E-state index is -4.78. The Bertz CT molecular complexity index is 930. The van der Waals surface area contributed by atoms with Gasteiger partial charge in [0, 0.05) is 0 Å². The quantitative estimate of drug-likeness (QED) is 0.0162. The number of aliphatic imine (C=N–C) groups is 1. The number of aliphatic hydroxyl groups excluding tert-OH is 2. The van der Waals surface area contributed by atoms with Crippen LogP contribution in [0.2, 0.25) is 0 Å². The van der Waals surface area contributed by atoms with Crippen molar-refractivity contribution in [3.63, 3.8) is 0 Å². The highest BCUT2D eigenvalue weighted by atomic mass is 32.3. The highest BCUT2D eigenvalue weighted by Gasteiger charge is 2.20. The second-order valence-corrected chi connectivity index (χ2v) is 13.8. The molecule has 270 valence electrons. The van der Waals surface area contributed by atoms with Gasteiger partial charge in [-0.2, -0.15) is 8.42 Å². The fourth-order valence-corrected chi connectivity index (χ4v) is 5.56. The predicted octanol–water partition coefficient (Wildman–Crippen LogP) is 8.73. The minimum Gasteiger partial charge on any atom is -0.860 e. The predicted molar refractivity (Wildman–Crippen MR) is 190 cm³/mol. The molecule has 1 unspecified atom stereocenters. The monoisotopic (exact) mass is 670 g/mol. The van der Waals surface area contributed by atoms with Gasteiger partial charge in [0.25, 0.3) is 0 Å². The third kappa shape index (κ3) is 29.9. The lowest BCUT2D eigenvalue weighted by Crippen LogP contribution is -2.38. The van der Waals surface area contributed by atoms with Gasteiger partial charge in [-0.25, -0.2) is 4.18 Å². The second kappa shape index (κ2) is 30.8. The Morgan fingerprint density at radius 1 is 0.739 bits per heavy atom. The summed E-state index contributed by atoms with van der Waals surface area (Å²) in [7, 11) is -4.78. The van der Waals surface area contributed by atoms with Crippen LogP contribution in [0.15, 0.2) is 40.9 Å². The summed E-state index contributed by atoms with van der Waals surface area (Å²) in [5.74, 6) is -0.832. The normalized spacial score (nSPS) is 15.3. The number of allylic oxidation sites excluding steroid dienone is 5. The lowest BCUT2D eigenvalue weighted by atomic mass is 10.0. The molecule has 0 spiro atoms. The van der Waals surface area contributed by atoms with Crippen molar-refractivity contribution in [2.24, 2.45) is 4.99 Å².